The van der Waals surface area contributed by atoms with Crippen LogP contribution in [0.2, 0.25) is 5.02 Å². The minimum atomic E-state index is -0.263. The lowest BCUT2D eigenvalue weighted by Gasteiger charge is -2.38. The van der Waals surface area contributed by atoms with Crippen LogP contribution in [0.4, 0.5) is 5.95 Å². The number of nitrogens with zero attached hydrogens (tertiary/aromatic N) is 3. The van der Waals surface area contributed by atoms with E-state index in [2.05, 4.69) is 36.2 Å². The Morgan fingerprint density at radius 3 is 2.73 bits per heavy atom. The zero-order valence-electron chi connectivity index (χ0n) is 15.0. The fourth-order valence-electron chi connectivity index (χ4n) is 3.73. The Bertz CT molecular complexity index is 901. The Morgan fingerprint density at radius 2 is 2.04 bits per heavy atom. The molecular weight excluding hydrogens is 368 g/mol. The van der Waals surface area contributed by atoms with Crippen molar-refractivity contribution >= 4 is 35.1 Å². The largest absolute Gasteiger partial charge is 0.328 e. The van der Waals surface area contributed by atoms with Crippen LogP contribution in [0.15, 0.2) is 40.7 Å². The van der Waals surface area contributed by atoms with E-state index in [1.807, 2.05) is 28.9 Å². The van der Waals surface area contributed by atoms with Crippen molar-refractivity contribution in [2.24, 2.45) is 5.41 Å². The van der Waals surface area contributed by atoms with Crippen molar-refractivity contribution in [1.82, 2.24) is 14.8 Å². The summed E-state index contributed by atoms with van der Waals surface area (Å²) in [5, 5.41) is 9.45. The van der Waals surface area contributed by atoms with Gasteiger partial charge in [0.15, 0.2) is 5.78 Å². The minimum Gasteiger partial charge on any atom is -0.328 e. The topological polar surface area (TPSA) is 59.8 Å². The third-order valence-corrected chi connectivity index (χ3v) is 5.74. The van der Waals surface area contributed by atoms with Crippen molar-refractivity contribution < 1.29 is 4.79 Å². The number of hydrogen-bond donors (Lipinski definition) is 1. The fraction of sp³-hybridized carbons (Fsp3) is 0.421. The van der Waals surface area contributed by atoms with Crippen molar-refractivity contribution in [2.45, 2.75) is 44.8 Å². The van der Waals surface area contributed by atoms with E-state index in [-0.39, 0.29) is 17.2 Å². The first-order valence-corrected chi connectivity index (χ1v) is 10.1. The molecule has 0 fully saturated rings. The quantitative estimate of drug-likeness (QED) is 0.772. The number of thioether (sulfide) groups is 1. The lowest BCUT2D eigenvalue weighted by Crippen LogP contribution is -2.36. The molecule has 1 aromatic heterocycles. The Labute approximate surface area is 162 Å². The number of hydrogen-bond acceptors (Lipinski definition) is 5. The molecular formula is C19H21ClN4OS. The van der Waals surface area contributed by atoms with Gasteiger partial charge in [0.2, 0.25) is 11.1 Å². The van der Waals surface area contributed by atoms with Crippen LogP contribution >= 0.6 is 23.4 Å². The Balaban J connectivity index is 1.87. The van der Waals surface area contributed by atoms with Crippen molar-refractivity contribution in [2.75, 3.05) is 11.1 Å². The molecule has 0 amide bonds. The number of benzene rings is 1. The molecule has 1 atom stereocenters. The van der Waals surface area contributed by atoms with Crippen LogP contribution in [0.5, 0.6) is 0 Å². The summed E-state index contributed by atoms with van der Waals surface area (Å²) in [5.41, 5.74) is 2.71. The van der Waals surface area contributed by atoms with Gasteiger partial charge in [-0.3, -0.25) is 4.79 Å². The van der Waals surface area contributed by atoms with Crippen molar-refractivity contribution in [3.63, 3.8) is 0 Å². The van der Waals surface area contributed by atoms with Crippen molar-refractivity contribution in [3.05, 3.63) is 46.1 Å². The molecule has 1 aromatic carbocycles. The summed E-state index contributed by atoms with van der Waals surface area (Å²) < 4.78 is 1.84. The number of carbonyl (C=O) groups excluding carboxylic acids is 1. The molecule has 0 spiro atoms. The van der Waals surface area contributed by atoms with E-state index in [0.29, 0.717) is 17.4 Å². The van der Waals surface area contributed by atoms with Gasteiger partial charge in [-0.05, 0) is 35.3 Å². The van der Waals surface area contributed by atoms with Gasteiger partial charge in [0, 0.05) is 22.7 Å². The zero-order valence-corrected chi connectivity index (χ0v) is 16.6. The predicted molar refractivity (Wildman–Crippen MR) is 105 cm³/mol. The average molecular weight is 389 g/mol. The number of fused-ring (bicyclic) bond motifs is 1. The molecule has 5 nitrogen and oxygen atoms in total. The van der Waals surface area contributed by atoms with E-state index in [1.54, 1.807) is 11.8 Å². The number of aromatic nitrogens is 3. The molecule has 1 aliphatic heterocycles. The van der Waals surface area contributed by atoms with Crippen LogP contribution in [0, 0.1) is 5.41 Å². The van der Waals surface area contributed by atoms with Gasteiger partial charge in [-0.15, -0.1) is 5.10 Å². The number of anilines is 1. The molecule has 0 saturated heterocycles. The molecule has 26 heavy (non-hydrogen) atoms. The minimum absolute atomic E-state index is 0.0589. The van der Waals surface area contributed by atoms with Gasteiger partial charge in [-0.1, -0.05) is 56.3 Å². The van der Waals surface area contributed by atoms with Crippen LogP contribution in [0.3, 0.4) is 0 Å². The number of halogens is 1. The summed E-state index contributed by atoms with van der Waals surface area (Å²) in [6.45, 7) is 6.33. The number of nitrogens with one attached hydrogen (secondary N) is 1. The molecule has 136 valence electrons. The molecule has 4 rings (SSSR count). The summed E-state index contributed by atoms with van der Waals surface area (Å²) in [5.74, 6) is 1.77. The van der Waals surface area contributed by atoms with Crippen LogP contribution in [0.1, 0.15) is 45.2 Å². The summed E-state index contributed by atoms with van der Waals surface area (Å²) in [6, 6.07) is 7.38. The normalized spacial score (nSPS) is 21.2. The second kappa shape index (κ2) is 6.43. The number of ketones is 1. The lowest BCUT2D eigenvalue weighted by atomic mass is 9.73. The first kappa shape index (κ1) is 17.6. The average Bonchev–Trinajstić information content (AvgIpc) is 2.95. The number of carbonyl (C=O) groups is 1. The van der Waals surface area contributed by atoms with E-state index in [1.165, 1.54) is 0 Å². The Kier molecular flexibility index (Phi) is 4.35. The Morgan fingerprint density at radius 1 is 1.31 bits per heavy atom. The highest BCUT2D eigenvalue weighted by molar-refractivity contribution is 7.99. The molecule has 2 heterocycles. The lowest BCUT2D eigenvalue weighted by molar-refractivity contribution is -0.118. The van der Waals surface area contributed by atoms with Gasteiger partial charge in [-0.25, -0.2) is 4.68 Å². The summed E-state index contributed by atoms with van der Waals surface area (Å²) in [7, 11) is 0. The third kappa shape index (κ3) is 3.05. The monoisotopic (exact) mass is 388 g/mol. The van der Waals surface area contributed by atoms with Crippen molar-refractivity contribution in [3.8, 4) is 0 Å². The van der Waals surface area contributed by atoms with Gasteiger partial charge >= 0.3 is 0 Å². The Hall–Kier alpha value is -1.79. The summed E-state index contributed by atoms with van der Waals surface area (Å²) in [6.07, 6.45) is 1.36. The second-order valence-electron chi connectivity index (χ2n) is 7.51. The van der Waals surface area contributed by atoms with Crippen LogP contribution < -0.4 is 5.32 Å². The van der Waals surface area contributed by atoms with E-state index in [0.717, 1.165) is 34.2 Å². The number of rotatable bonds is 3. The standard InChI is InChI=1S/C19H21ClN4OS/c1-4-26-18-22-17-21-13-9-19(2,3)10-14(25)15(13)16(24(17)23-18)11-5-7-12(20)8-6-11/h5-8,16H,4,9-10H2,1-3H3,(H,21,22,23). The first-order chi connectivity index (χ1) is 12.4. The van der Waals surface area contributed by atoms with Crippen molar-refractivity contribution in [1.29, 1.82) is 0 Å². The van der Waals surface area contributed by atoms with Gasteiger partial charge < -0.3 is 5.32 Å². The smallest absolute Gasteiger partial charge is 0.227 e. The van der Waals surface area contributed by atoms with Gasteiger partial charge in [-0.2, -0.15) is 4.98 Å². The molecule has 1 aliphatic carbocycles. The molecule has 2 aliphatic rings. The maximum absolute atomic E-state index is 13.0. The molecule has 0 saturated carbocycles. The van der Waals surface area contributed by atoms with Gasteiger partial charge in [0.25, 0.3) is 0 Å². The van der Waals surface area contributed by atoms with Crippen LogP contribution in [-0.2, 0) is 4.79 Å². The fourth-order valence-corrected chi connectivity index (χ4v) is 4.41. The summed E-state index contributed by atoms with van der Waals surface area (Å²) >= 11 is 7.66. The van der Waals surface area contributed by atoms with Gasteiger partial charge in [0.1, 0.15) is 6.04 Å². The third-order valence-electron chi connectivity index (χ3n) is 4.77. The maximum atomic E-state index is 13.0. The highest BCUT2D eigenvalue weighted by Gasteiger charge is 2.41. The molecule has 0 bridgehead atoms. The zero-order chi connectivity index (χ0) is 18.5. The van der Waals surface area contributed by atoms with E-state index in [9.17, 15) is 4.79 Å². The van der Waals surface area contributed by atoms with E-state index in [4.69, 9.17) is 11.6 Å². The van der Waals surface area contributed by atoms with E-state index >= 15 is 0 Å². The maximum Gasteiger partial charge on any atom is 0.227 e. The second-order valence-corrected chi connectivity index (χ2v) is 9.18. The molecule has 1 unspecified atom stereocenters. The number of Topliss-reactive ketones (excluding diaryl/α,β-unsaturated/α-hetero) is 1. The number of allylic oxidation sites excluding steroid dienone is 2. The molecule has 7 heteroatoms. The molecule has 2 aromatic rings. The van der Waals surface area contributed by atoms with Crippen LogP contribution in [-0.4, -0.2) is 26.3 Å². The molecule has 0 radical (unpaired) electrons. The van der Waals surface area contributed by atoms with Gasteiger partial charge in [0.05, 0.1) is 0 Å². The highest BCUT2D eigenvalue weighted by Crippen LogP contribution is 2.45. The van der Waals surface area contributed by atoms with Crippen LogP contribution in [0.25, 0.3) is 0 Å². The highest BCUT2D eigenvalue weighted by atomic mass is 35.5. The SMILES string of the molecule is CCSc1nc2n(n1)C(c1ccc(Cl)cc1)C1=C(CC(C)(C)CC1=O)N2. The van der Waals surface area contributed by atoms with E-state index < -0.39 is 0 Å². The first-order valence-electron chi connectivity index (χ1n) is 8.76. The summed E-state index contributed by atoms with van der Waals surface area (Å²) in [4.78, 5) is 17.7. The molecule has 1 N–H and O–H groups in total. The predicted octanol–water partition coefficient (Wildman–Crippen LogP) is 4.70.